The van der Waals surface area contributed by atoms with Crippen LogP contribution in [0.5, 0.6) is 0 Å². The Balaban J connectivity index is 0. The molecule has 1 aromatic carbocycles. The van der Waals surface area contributed by atoms with Crippen LogP contribution >= 0.6 is 0 Å². The van der Waals surface area contributed by atoms with Crippen molar-refractivity contribution in [3.05, 3.63) is 60.7 Å². The first kappa shape index (κ1) is 23.6. The van der Waals surface area contributed by atoms with Gasteiger partial charge in [0.15, 0.2) is 5.78 Å². The Morgan fingerprint density at radius 3 is 1.65 bits per heavy atom. The van der Waals surface area contributed by atoms with E-state index in [1.807, 2.05) is 27.7 Å². The van der Waals surface area contributed by atoms with Gasteiger partial charge in [-0.2, -0.15) is 0 Å². The summed E-state index contributed by atoms with van der Waals surface area (Å²) >= 11 is 0. The summed E-state index contributed by atoms with van der Waals surface area (Å²) in [4.78, 5) is 11.1. The van der Waals surface area contributed by atoms with Crippen LogP contribution in [0, 0.1) is 10.8 Å². The Hall–Kier alpha value is -1.63. The molecule has 0 saturated heterocycles. The van der Waals surface area contributed by atoms with E-state index in [0.717, 1.165) is 6.42 Å². The molecule has 130 valence electrons. The van der Waals surface area contributed by atoms with E-state index in [1.54, 1.807) is 13.0 Å². The van der Waals surface area contributed by atoms with Crippen LogP contribution in [-0.2, 0) is 11.2 Å². The predicted molar refractivity (Wildman–Crippen MR) is 105 cm³/mol. The molecule has 1 aromatic rings. The number of Topliss-reactive ketones (excluding diaryl/α,β-unsaturated/α-hetero) is 1. The minimum absolute atomic E-state index is 0.141. The molecule has 1 rings (SSSR count). The van der Waals surface area contributed by atoms with E-state index < -0.39 is 0 Å². The van der Waals surface area contributed by atoms with Crippen LogP contribution in [-0.4, -0.2) is 5.78 Å². The molecule has 0 atom stereocenters. The molecule has 0 N–H and O–H groups in total. The number of benzene rings is 1. The molecule has 0 unspecified atom stereocenters. The van der Waals surface area contributed by atoms with Crippen molar-refractivity contribution in [2.24, 2.45) is 10.8 Å². The van der Waals surface area contributed by atoms with Gasteiger partial charge in [0.1, 0.15) is 0 Å². The number of ketones is 1. The second kappa shape index (κ2) is 11.0. The third-order valence-corrected chi connectivity index (χ3v) is 2.65. The molecular formula is C22H36O. The third-order valence-electron chi connectivity index (χ3n) is 2.65. The predicted octanol–water partition coefficient (Wildman–Crippen LogP) is 6.65. The molecule has 0 amide bonds. The fraction of sp³-hybridized carbons (Fsp3) is 0.500. The van der Waals surface area contributed by atoms with Gasteiger partial charge in [0, 0.05) is 5.41 Å². The zero-order valence-corrected chi connectivity index (χ0v) is 16.5. The fourth-order valence-electron chi connectivity index (χ4n) is 1.85. The summed E-state index contributed by atoms with van der Waals surface area (Å²) in [6, 6.07) is 10.6. The normalized spacial score (nSPS) is 10.4. The lowest BCUT2D eigenvalue weighted by atomic mass is 9.87. The third kappa shape index (κ3) is 15.1. The van der Waals surface area contributed by atoms with Gasteiger partial charge in [-0.3, -0.25) is 4.79 Å². The summed E-state index contributed by atoms with van der Waals surface area (Å²) in [7, 11) is 0. The fourth-order valence-corrected chi connectivity index (χ4v) is 1.85. The highest BCUT2D eigenvalue weighted by Crippen LogP contribution is 2.19. The van der Waals surface area contributed by atoms with Crippen molar-refractivity contribution in [3.8, 4) is 0 Å². The van der Waals surface area contributed by atoms with Crippen LogP contribution in [0.15, 0.2) is 55.1 Å². The van der Waals surface area contributed by atoms with E-state index >= 15 is 0 Å². The highest BCUT2D eigenvalue weighted by molar-refractivity contribution is 5.97. The smallest absolute Gasteiger partial charge is 0.163 e. The summed E-state index contributed by atoms with van der Waals surface area (Å²) in [6.45, 7) is 23.0. The van der Waals surface area contributed by atoms with Gasteiger partial charge in [-0.15, -0.1) is 6.58 Å². The van der Waals surface area contributed by atoms with Gasteiger partial charge < -0.3 is 0 Å². The SMILES string of the molecule is C=C(C)C(=O)C(C)(C)C.C=CC.CC(C)(C)Cc1ccccc1. The van der Waals surface area contributed by atoms with E-state index in [-0.39, 0.29) is 11.2 Å². The lowest BCUT2D eigenvalue weighted by Crippen LogP contribution is -2.20. The number of carbonyl (C=O) groups is 1. The average Bonchev–Trinajstić information content (AvgIpc) is 2.37. The summed E-state index contributed by atoms with van der Waals surface area (Å²) in [5, 5.41) is 0. The summed E-state index contributed by atoms with van der Waals surface area (Å²) in [5.74, 6) is 0.141. The number of hydrogen-bond donors (Lipinski definition) is 0. The van der Waals surface area contributed by atoms with E-state index in [4.69, 9.17) is 0 Å². The molecular weight excluding hydrogens is 280 g/mol. The molecule has 1 heteroatoms. The second-order valence-electron chi connectivity index (χ2n) is 7.99. The van der Waals surface area contributed by atoms with Crippen molar-refractivity contribution in [3.63, 3.8) is 0 Å². The summed E-state index contributed by atoms with van der Waals surface area (Å²) < 4.78 is 0. The maximum Gasteiger partial charge on any atom is 0.163 e. The first-order valence-corrected chi connectivity index (χ1v) is 8.16. The van der Waals surface area contributed by atoms with Gasteiger partial charge in [-0.1, -0.05) is 84.5 Å². The highest BCUT2D eigenvalue weighted by Gasteiger charge is 2.20. The van der Waals surface area contributed by atoms with Crippen LogP contribution in [0.1, 0.15) is 61.0 Å². The van der Waals surface area contributed by atoms with Crippen LogP contribution in [0.2, 0.25) is 0 Å². The van der Waals surface area contributed by atoms with E-state index in [9.17, 15) is 4.79 Å². The highest BCUT2D eigenvalue weighted by atomic mass is 16.1. The second-order valence-corrected chi connectivity index (χ2v) is 7.99. The van der Waals surface area contributed by atoms with Crippen LogP contribution in [0.3, 0.4) is 0 Å². The monoisotopic (exact) mass is 316 g/mol. The van der Waals surface area contributed by atoms with E-state index in [1.165, 1.54) is 5.56 Å². The minimum atomic E-state index is -0.258. The molecule has 0 aliphatic rings. The lowest BCUT2D eigenvalue weighted by molar-refractivity contribution is -0.122. The molecule has 23 heavy (non-hydrogen) atoms. The Morgan fingerprint density at radius 1 is 1.04 bits per heavy atom. The average molecular weight is 317 g/mol. The van der Waals surface area contributed by atoms with Crippen molar-refractivity contribution >= 4 is 5.78 Å². The zero-order chi connectivity index (χ0) is 18.7. The largest absolute Gasteiger partial charge is 0.294 e. The van der Waals surface area contributed by atoms with Gasteiger partial charge in [0.05, 0.1) is 0 Å². The Bertz CT molecular complexity index is 467. The van der Waals surface area contributed by atoms with Crippen LogP contribution < -0.4 is 0 Å². The van der Waals surface area contributed by atoms with Crippen molar-refractivity contribution < 1.29 is 4.79 Å². The topological polar surface area (TPSA) is 17.1 Å². The van der Waals surface area contributed by atoms with E-state index in [2.05, 4.69) is 64.3 Å². The Labute approximate surface area is 144 Å². The summed E-state index contributed by atoms with van der Waals surface area (Å²) in [5.41, 5.74) is 2.22. The number of rotatable bonds is 2. The van der Waals surface area contributed by atoms with Gasteiger partial charge in [-0.25, -0.2) is 0 Å². The first-order valence-electron chi connectivity index (χ1n) is 8.16. The summed E-state index contributed by atoms with van der Waals surface area (Å²) in [6.07, 6.45) is 2.91. The first-order chi connectivity index (χ1) is 10.3. The Morgan fingerprint density at radius 2 is 1.43 bits per heavy atom. The quantitative estimate of drug-likeness (QED) is 0.441. The maximum absolute atomic E-state index is 11.1. The molecule has 0 spiro atoms. The van der Waals surface area contributed by atoms with Crippen LogP contribution in [0.4, 0.5) is 0 Å². The molecule has 0 bridgehead atoms. The van der Waals surface area contributed by atoms with Crippen LogP contribution in [0.25, 0.3) is 0 Å². The van der Waals surface area contributed by atoms with Gasteiger partial charge in [0.2, 0.25) is 0 Å². The number of carbonyl (C=O) groups excluding carboxylic acids is 1. The lowest BCUT2D eigenvalue weighted by Gasteiger charge is -2.17. The number of hydrogen-bond acceptors (Lipinski definition) is 1. The molecule has 1 nitrogen and oxygen atoms in total. The molecule has 0 heterocycles. The molecule has 0 aliphatic heterocycles. The molecule has 0 saturated carbocycles. The number of allylic oxidation sites excluding steroid dienone is 2. The minimum Gasteiger partial charge on any atom is -0.294 e. The molecule has 0 aromatic heterocycles. The van der Waals surface area contributed by atoms with Gasteiger partial charge in [-0.05, 0) is 36.8 Å². The standard InChI is InChI=1S/C11H16.C8H14O.C3H6/c1-11(2,3)9-10-7-5-4-6-8-10;1-6(2)7(9)8(3,4)5;1-3-2/h4-8H,9H2,1-3H3;1H2,2-5H3;3H,1H2,2H3. The molecule has 0 radical (unpaired) electrons. The Kier molecular flexibility index (Phi) is 11.3. The molecule has 0 aliphatic carbocycles. The van der Waals surface area contributed by atoms with Crippen molar-refractivity contribution in [2.75, 3.05) is 0 Å². The van der Waals surface area contributed by atoms with Gasteiger partial charge >= 0.3 is 0 Å². The molecule has 0 fully saturated rings. The van der Waals surface area contributed by atoms with Crippen molar-refractivity contribution in [1.29, 1.82) is 0 Å². The maximum atomic E-state index is 11.1. The zero-order valence-electron chi connectivity index (χ0n) is 16.5. The van der Waals surface area contributed by atoms with Crippen molar-refractivity contribution in [2.45, 2.75) is 61.8 Å². The van der Waals surface area contributed by atoms with E-state index in [0.29, 0.717) is 11.0 Å². The van der Waals surface area contributed by atoms with Gasteiger partial charge in [0.25, 0.3) is 0 Å². The van der Waals surface area contributed by atoms with Crippen molar-refractivity contribution in [1.82, 2.24) is 0 Å².